The summed E-state index contributed by atoms with van der Waals surface area (Å²) in [6.45, 7) is 3.72. The molecule has 26 heavy (non-hydrogen) atoms. The van der Waals surface area contributed by atoms with E-state index >= 15 is 0 Å². The van der Waals surface area contributed by atoms with Gasteiger partial charge in [0.25, 0.3) is 0 Å². The molecule has 0 aromatic heterocycles. The molecule has 4 heteroatoms. The molecular weight excluding hydrogens is 328 g/mol. The van der Waals surface area contributed by atoms with Crippen molar-refractivity contribution in [2.24, 2.45) is 11.8 Å². The molecule has 1 fully saturated rings. The van der Waals surface area contributed by atoms with Gasteiger partial charge in [-0.3, -0.25) is 0 Å². The van der Waals surface area contributed by atoms with E-state index in [2.05, 4.69) is 6.92 Å². The zero-order valence-electron chi connectivity index (χ0n) is 15.1. The van der Waals surface area contributed by atoms with Crippen LogP contribution in [0.1, 0.15) is 30.8 Å². The van der Waals surface area contributed by atoms with E-state index in [0.717, 1.165) is 17.4 Å². The fourth-order valence-electron chi connectivity index (χ4n) is 3.31. The molecule has 4 nitrogen and oxygen atoms in total. The van der Waals surface area contributed by atoms with Gasteiger partial charge in [-0.1, -0.05) is 67.6 Å². The van der Waals surface area contributed by atoms with Crippen LogP contribution in [0.5, 0.6) is 0 Å². The van der Waals surface area contributed by atoms with Crippen molar-refractivity contribution >= 4 is 6.29 Å². The van der Waals surface area contributed by atoms with E-state index in [9.17, 15) is 4.79 Å². The minimum Gasteiger partial charge on any atom is -0.376 e. The Morgan fingerprint density at radius 2 is 1.81 bits per heavy atom. The number of carbonyl (C=O) groups excluding carboxylic acids is 1. The summed E-state index contributed by atoms with van der Waals surface area (Å²) >= 11 is 0. The number of rotatable bonds is 8. The van der Waals surface area contributed by atoms with E-state index in [1.54, 1.807) is 0 Å². The van der Waals surface area contributed by atoms with E-state index in [4.69, 9.17) is 14.2 Å². The number of carbonyl (C=O) groups is 1. The minimum atomic E-state index is -0.388. The van der Waals surface area contributed by atoms with Crippen LogP contribution < -0.4 is 0 Å². The maximum Gasteiger partial charge on any atom is 0.184 e. The highest BCUT2D eigenvalue weighted by Gasteiger charge is 2.36. The third kappa shape index (κ3) is 5.01. The Labute approximate surface area is 155 Å². The van der Waals surface area contributed by atoms with Crippen molar-refractivity contribution in [2.45, 2.75) is 32.3 Å². The van der Waals surface area contributed by atoms with Gasteiger partial charge in [-0.15, -0.1) is 0 Å². The summed E-state index contributed by atoms with van der Waals surface area (Å²) in [5.41, 5.74) is 2.14. The van der Waals surface area contributed by atoms with Crippen LogP contribution in [0, 0.1) is 11.8 Å². The maximum atomic E-state index is 11.0. The normalized spacial score (nSPS) is 24.1. The first-order valence-electron chi connectivity index (χ1n) is 9.15. The van der Waals surface area contributed by atoms with Gasteiger partial charge in [0.2, 0.25) is 0 Å². The zero-order chi connectivity index (χ0) is 18.2. The highest BCUT2D eigenvalue weighted by molar-refractivity contribution is 5.49. The van der Waals surface area contributed by atoms with E-state index in [0.29, 0.717) is 26.2 Å². The van der Waals surface area contributed by atoms with Crippen LogP contribution in [0.4, 0.5) is 0 Å². The second-order valence-corrected chi connectivity index (χ2v) is 6.82. The van der Waals surface area contributed by atoms with Crippen molar-refractivity contribution < 1.29 is 19.0 Å². The number of hydrogen-bond acceptors (Lipinski definition) is 4. The molecule has 0 spiro atoms. The molecule has 0 unspecified atom stereocenters. The molecule has 1 aliphatic rings. The van der Waals surface area contributed by atoms with Crippen LogP contribution in [0.3, 0.4) is 0 Å². The predicted molar refractivity (Wildman–Crippen MR) is 99.4 cm³/mol. The molecule has 4 atom stereocenters. The average Bonchev–Trinajstić information content (AvgIpc) is 2.70. The SMILES string of the molecule is C[C@@H](CC=O)[C@@H]1O[C@H](c2ccccc2)OC[C@H]1COCc1ccccc1. The Hall–Kier alpha value is -2.01. The molecule has 0 bridgehead atoms. The molecule has 0 saturated carbocycles. The van der Waals surface area contributed by atoms with Crippen molar-refractivity contribution in [3.63, 3.8) is 0 Å². The average molecular weight is 354 g/mol. The first kappa shape index (κ1) is 18.8. The third-order valence-corrected chi connectivity index (χ3v) is 4.75. The molecule has 1 saturated heterocycles. The number of benzene rings is 2. The topological polar surface area (TPSA) is 44.8 Å². The molecule has 138 valence electrons. The van der Waals surface area contributed by atoms with Crippen LogP contribution in [-0.2, 0) is 25.6 Å². The first-order chi connectivity index (χ1) is 12.8. The molecule has 1 aliphatic heterocycles. The van der Waals surface area contributed by atoms with E-state index in [1.165, 1.54) is 0 Å². The van der Waals surface area contributed by atoms with Gasteiger partial charge in [-0.2, -0.15) is 0 Å². The molecule has 0 aliphatic carbocycles. The second kappa shape index (κ2) is 9.62. The minimum absolute atomic E-state index is 0.0741. The van der Waals surface area contributed by atoms with Gasteiger partial charge in [-0.05, 0) is 11.5 Å². The molecular formula is C22H26O4. The lowest BCUT2D eigenvalue weighted by molar-refractivity contribution is -0.259. The Bertz CT molecular complexity index is 656. The highest BCUT2D eigenvalue weighted by Crippen LogP contribution is 2.33. The van der Waals surface area contributed by atoms with E-state index < -0.39 is 0 Å². The summed E-state index contributed by atoms with van der Waals surface area (Å²) in [7, 11) is 0. The number of ether oxygens (including phenoxy) is 3. The van der Waals surface area contributed by atoms with Crippen molar-refractivity contribution in [2.75, 3.05) is 13.2 Å². The molecule has 3 rings (SSSR count). The summed E-state index contributed by atoms with van der Waals surface area (Å²) in [6.07, 6.45) is 0.972. The number of hydrogen-bond donors (Lipinski definition) is 0. The van der Waals surface area contributed by atoms with Crippen LogP contribution in [0.15, 0.2) is 60.7 Å². The van der Waals surface area contributed by atoms with Gasteiger partial charge in [0, 0.05) is 17.9 Å². The largest absolute Gasteiger partial charge is 0.376 e. The van der Waals surface area contributed by atoms with Crippen molar-refractivity contribution in [1.82, 2.24) is 0 Å². The molecule has 0 radical (unpaired) electrons. The van der Waals surface area contributed by atoms with Gasteiger partial charge in [0.05, 0.1) is 25.9 Å². The Morgan fingerprint density at radius 1 is 1.12 bits per heavy atom. The van der Waals surface area contributed by atoms with Crippen LogP contribution in [0.25, 0.3) is 0 Å². The van der Waals surface area contributed by atoms with Gasteiger partial charge in [0.15, 0.2) is 6.29 Å². The predicted octanol–water partition coefficient (Wildman–Crippen LogP) is 4.16. The molecule has 2 aromatic carbocycles. The molecule has 2 aromatic rings. The highest BCUT2D eigenvalue weighted by atomic mass is 16.7. The van der Waals surface area contributed by atoms with Crippen LogP contribution >= 0.6 is 0 Å². The van der Waals surface area contributed by atoms with Gasteiger partial charge in [-0.25, -0.2) is 0 Å². The molecule has 1 heterocycles. The fourth-order valence-corrected chi connectivity index (χ4v) is 3.31. The summed E-state index contributed by atoms with van der Waals surface area (Å²) in [4.78, 5) is 11.0. The summed E-state index contributed by atoms with van der Waals surface area (Å²) < 4.78 is 18.1. The summed E-state index contributed by atoms with van der Waals surface area (Å²) in [5.74, 6) is 0.224. The fraction of sp³-hybridized carbons (Fsp3) is 0.409. The van der Waals surface area contributed by atoms with E-state index in [-0.39, 0.29) is 24.2 Å². The lowest BCUT2D eigenvalue weighted by Crippen LogP contribution is -2.42. The summed E-state index contributed by atoms with van der Waals surface area (Å²) in [6, 6.07) is 20.0. The van der Waals surface area contributed by atoms with Crippen molar-refractivity contribution in [1.29, 1.82) is 0 Å². The quantitative estimate of drug-likeness (QED) is 0.668. The summed E-state index contributed by atoms with van der Waals surface area (Å²) in [5, 5.41) is 0. The van der Waals surface area contributed by atoms with Crippen LogP contribution in [0.2, 0.25) is 0 Å². The van der Waals surface area contributed by atoms with E-state index in [1.807, 2.05) is 60.7 Å². The standard InChI is InChI=1S/C22H26O4/c1-17(12-13-23)21-20(15-24-14-18-8-4-2-5-9-18)16-25-22(26-21)19-10-6-3-7-11-19/h2-11,13,17,20-22H,12,14-16H2,1H3/t17-,20+,21-,22+/m0/s1. The lowest BCUT2D eigenvalue weighted by atomic mass is 9.90. The van der Waals surface area contributed by atoms with Gasteiger partial charge in [0.1, 0.15) is 6.29 Å². The maximum absolute atomic E-state index is 11.0. The Kier molecular flexibility index (Phi) is 6.95. The second-order valence-electron chi connectivity index (χ2n) is 6.82. The van der Waals surface area contributed by atoms with Gasteiger partial charge >= 0.3 is 0 Å². The lowest BCUT2D eigenvalue weighted by Gasteiger charge is -2.39. The van der Waals surface area contributed by atoms with Crippen LogP contribution in [-0.4, -0.2) is 25.6 Å². The monoisotopic (exact) mass is 354 g/mol. The van der Waals surface area contributed by atoms with Crippen molar-refractivity contribution in [3.05, 3.63) is 71.8 Å². The van der Waals surface area contributed by atoms with Gasteiger partial charge < -0.3 is 19.0 Å². The zero-order valence-corrected chi connectivity index (χ0v) is 15.1. The number of aldehydes is 1. The molecule has 0 N–H and O–H groups in total. The smallest absolute Gasteiger partial charge is 0.184 e. The Morgan fingerprint density at radius 3 is 2.50 bits per heavy atom. The first-order valence-corrected chi connectivity index (χ1v) is 9.15. The Balaban J connectivity index is 1.61. The van der Waals surface area contributed by atoms with Crippen molar-refractivity contribution in [3.8, 4) is 0 Å². The molecule has 0 amide bonds. The third-order valence-electron chi connectivity index (χ3n) is 4.75.